The number of rotatable bonds is 2. The maximum absolute atomic E-state index is 12.0. The van der Waals surface area contributed by atoms with Crippen LogP contribution >= 0.6 is 0 Å². The molecule has 1 aliphatic heterocycles. The summed E-state index contributed by atoms with van der Waals surface area (Å²) in [6.45, 7) is 6.20. The highest BCUT2D eigenvalue weighted by Gasteiger charge is 2.37. The summed E-state index contributed by atoms with van der Waals surface area (Å²) in [5, 5.41) is 3.36. The van der Waals surface area contributed by atoms with Crippen LogP contribution in [0.5, 0.6) is 0 Å². The Bertz CT molecular complexity index is 205. The average Bonchev–Trinajstić information content (AvgIpc) is 2.18. The van der Waals surface area contributed by atoms with Gasteiger partial charge in [-0.05, 0) is 31.8 Å². The molecular weight excluding hydrogens is 176 g/mol. The second kappa shape index (κ2) is 4.30. The molecule has 3 heteroatoms. The Kier molecular flexibility index (Phi) is 3.53. The van der Waals surface area contributed by atoms with Crippen molar-refractivity contribution in [2.24, 2.45) is 11.3 Å². The summed E-state index contributed by atoms with van der Waals surface area (Å²) in [6.07, 6.45) is 2.36. The number of amides is 1. The Morgan fingerprint density at radius 3 is 2.50 bits per heavy atom. The van der Waals surface area contributed by atoms with Crippen LogP contribution in [0.25, 0.3) is 0 Å². The van der Waals surface area contributed by atoms with E-state index < -0.39 is 0 Å². The lowest BCUT2D eigenvalue weighted by molar-refractivity contribution is -0.141. The van der Waals surface area contributed by atoms with E-state index >= 15 is 0 Å². The first-order valence-corrected chi connectivity index (χ1v) is 5.38. The molecule has 1 N–H and O–H groups in total. The molecule has 1 unspecified atom stereocenters. The number of hydrogen-bond acceptors (Lipinski definition) is 2. The Morgan fingerprint density at radius 2 is 2.07 bits per heavy atom. The van der Waals surface area contributed by atoms with Crippen molar-refractivity contribution < 1.29 is 4.79 Å². The van der Waals surface area contributed by atoms with Crippen molar-refractivity contribution in [1.82, 2.24) is 10.2 Å². The van der Waals surface area contributed by atoms with Gasteiger partial charge < -0.3 is 10.2 Å². The zero-order valence-electron chi connectivity index (χ0n) is 9.76. The molecule has 0 aliphatic carbocycles. The van der Waals surface area contributed by atoms with E-state index in [0.29, 0.717) is 5.92 Å². The van der Waals surface area contributed by atoms with Crippen molar-refractivity contribution in [2.45, 2.75) is 26.7 Å². The monoisotopic (exact) mass is 198 g/mol. The van der Waals surface area contributed by atoms with Crippen LogP contribution in [-0.2, 0) is 4.79 Å². The average molecular weight is 198 g/mol. The minimum Gasteiger partial charge on any atom is -0.348 e. The molecule has 1 aliphatic rings. The summed E-state index contributed by atoms with van der Waals surface area (Å²) in [5.74, 6) is 0.720. The molecule has 1 saturated heterocycles. The Morgan fingerprint density at radius 1 is 1.43 bits per heavy atom. The van der Waals surface area contributed by atoms with Gasteiger partial charge in [0.05, 0.1) is 0 Å². The van der Waals surface area contributed by atoms with Crippen LogP contribution in [-0.4, -0.2) is 38.0 Å². The molecule has 1 amide bonds. The Balaban J connectivity index is 2.66. The lowest BCUT2D eigenvalue weighted by atomic mass is 9.74. The van der Waals surface area contributed by atoms with E-state index in [9.17, 15) is 4.79 Å². The molecular formula is C11H22N2O. The second-order valence-electron chi connectivity index (χ2n) is 4.96. The summed E-state index contributed by atoms with van der Waals surface area (Å²) in [6, 6.07) is 0. The predicted octanol–water partition coefficient (Wildman–Crippen LogP) is 1.10. The largest absolute Gasteiger partial charge is 0.348 e. The van der Waals surface area contributed by atoms with E-state index in [0.717, 1.165) is 13.1 Å². The smallest absolute Gasteiger partial charge is 0.228 e. The van der Waals surface area contributed by atoms with Crippen molar-refractivity contribution >= 4 is 5.91 Å². The maximum atomic E-state index is 12.0. The van der Waals surface area contributed by atoms with Gasteiger partial charge in [0.15, 0.2) is 0 Å². The van der Waals surface area contributed by atoms with Crippen LogP contribution in [0.15, 0.2) is 0 Å². The predicted molar refractivity (Wildman–Crippen MR) is 58.1 cm³/mol. The van der Waals surface area contributed by atoms with Gasteiger partial charge >= 0.3 is 0 Å². The highest BCUT2D eigenvalue weighted by Crippen LogP contribution is 2.32. The van der Waals surface area contributed by atoms with Crippen LogP contribution in [0, 0.1) is 11.3 Å². The highest BCUT2D eigenvalue weighted by molar-refractivity contribution is 5.81. The van der Waals surface area contributed by atoms with Crippen LogP contribution in [0.2, 0.25) is 0 Å². The van der Waals surface area contributed by atoms with E-state index in [1.165, 1.54) is 12.8 Å². The third-order valence-electron chi connectivity index (χ3n) is 3.27. The number of carbonyl (C=O) groups is 1. The van der Waals surface area contributed by atoms with Gasteiger partial charge in [-0.1, -0.05) is 13.8 Å². The fourth-order valence-electron chi connectivity index (χ4n) is 2.22. The molecule has 3 nitrogen and oxygen atoms in total. The summed E-state index contributed by atoms with van der Waals surface area (Å²) in [4.78, 5) is 13.7. The first kappa shape index (κ1) is 11.5. The SMILES string of the molecule is CN(C)C(=O)C(C)(C)C1CCCNC1. The van der Waals surface area contributed by atoms with Crippen LogP contribution in [0.1, 0.15) is 26.7 Å². The number of nitrogens with zero attached hydrogens (tertiary/aromatic N) is 1. The molecule has 1 atom stereocenters. The molecule has 82 valence electrons. The molecule has 1 rings (SSSR count). The summed E-state index contributed by atoms with van der Waals surface area (Å²) < 4.78 is 0. The van der Waals surface area contributed by atoms with Gasteiger partial charge in [-0.3, -0.25) is 4.79 Å². The Labute approximate surface area is 86.9 Å². The van der Waals surface area contributed by atoms with E-state index in [4.69, 9.17) is 0 Å². The molecule has 0 radical (unpaired) electrons. The van der Waals surface area contributed by atoms with Crippen molar-refractivity contribution in [3.05, 3.63) is 0 Å². The van der Waals surface area contributed by atoms with Crippen LogP contribution in [0.3, 0.4) is 0 Å². The van der Waals surface area contributed by atoms with Gasteiger partial charge in [0, 0.05) is 19.5 Å². The lowest BCUT2D eigenvalue weighted by Gasteiger charge is -2.37. The van der Waals surface area contributed by atoms with E-state index in [1.54, 1.807) is 4.90 Å². The van der Waals surface area contributed by atoms with Crippen molar-refractivity contribution in [1.29, 1.82) is 0 Å². The van der Waals surface area contributed by atoms with E-state index in [-0.39, 0.29) is 11.3 Å². The molecule has 0 saturated carbocycles. The van der Waals surface area contributed by atoms with E-state index in [1.807, 2.05) is 14.1 Å². The molecule has 1 heterocycles. The molecule has 14 heavy (non-hydrogen) atoms. The highest BCUT2D eigenvalue weighted by atomic mass is 16.2. The first-order chi connectivity index (χ1) is 6.46. The van der Waals surface area contributed by atoms with Crippen molar-refractivity contribution in [3.63, 3.8) is 0 Å². The van der Waals surface area contributed by atoms with Gasteiger partial charge in [-0.15, -0.1) is 0 Å². The minimum atomic E-state index is -0.225. The van der Waals surface area contributed by atoms with Gasteiger partial charge in [-0.25, -0.2) is 0 Å². The minimum absolute atomic E-state index is 0.225. The summed E-state index contributed by atoms with van der Waals surface area (Å²) >= 11 is 0. The zero-order valence-corrected chi connectivity index (χ0v) is 9.76. The number of hydrogen-bond donors (Lipinski definition) is 1. The van der Waals surface area contributed by atoms with Crippen molar-refractivity contribution in [2.75, 3.05) is 27.2 Å². The molecule has 0 spiro atoms. The standard InChI is InChI=1S/C11H22N2O/c1-11(2,10(14)13(3)4)9-6-5-7-12-8-9/h9,12H,5-8H2,1-4H3. The Hall–Kier alpha value is -0.570. The lowest BCUT2D eigenvalue weighted by Crippen LogP contribution is -2.46. The number of carbonyl (C=O) groups excluding carboxylic acids is 1. The first-order valence-electron chi connectivity index (χ1n) is 5.38. The second-order valence-corrected chi connectivity index (χ2v) is 4.96. The third-order valence-corrected chi connectivity index (χ3v) is 3.27. The van der Waals surface area contributed by atoms with Gasteiger partial charge in [0.1, 0.15) is 0 Å². The van der Waals surface area contributed by atoms with Crippen molar-refractivity contribution in [3.8, 4) is 0 Å². The van der Waals surface area contributed by atoms with Gasteiger partial charge in [0.2, 0.25) is 5.91 Å². The van der Waals surface area contributed by atoms with Crippen LogP contribution < -0.4 is 5.32 Å². The van der Waals surface area contributed by atoms with Gasteiger partial charge in [0.25, 0.3) is 0 Å². The molecule has 0 bridgehead atoms. The fraction of sp³-hybridized carbons (Fsp3) is 0.909. The van der Waals surface area contributed by atoms with Gasteiger partial charge in [-0.2, -0.15) is 0 Å². The third kappa shape index (κ3) is 2.27. The quantitative estimate of drug-likeness (QED) is 0.720. The maximum Gasteiger partial charge on any atom is 0.228 e. The van der Waals surface area contributed by atoms with E-state index in [2.05, 4.69) is 19.2 Å². The summed E-state index contributed by atoms with van der Waals surface area (Å²) in [7, 11) is 3.67. The molecule has 0 aromatic carbocycles. The normalized spacial score (nSPS) is 23.3. The molecule has 1 fully saturated rings. The molecule has 0 aromatic rings. The molecule has 0 aromatic heterocycles. The summed E-state index contributed by atoms with van der Waals surface area (Å²) in [5.41, 5.74) is -0.225. The number of piperidine rings is 1. The topological polar surface area (TPSA) is 32.3 Å². The fourth-order valence-corrected chi connectivity index (χ4v) is 2.22. The number of nitrogens with one attached hydrogen (secondary N) is 1. The van der Waals surface area contributed by atoms with Crippen LogP contribution in [0.4, 0.5) is 0 Å². The zero-order chi connectivity index (χ0) is 10.8.